The number of ether oxygens (including phenoxy) is 1. The number of aryl methyl sites for hydroxylation is 1. The second-order valence-corrected chi connectivity index (χ2v) is 3.71. The van der Waals surface area contributed by atoms with E-state index in [2.05, 4.69) is 10.6 Å². The molecule has 18 heavy (non-hydrogen) atoms. The number of benzene rings is 1. The maximum absolute atomic E-state index is 11.4. The molecule has 0 aromatic heterocycles. The smallest absolute Gasteiger partial charge is 0.319 e. The first kappa shape index (κ1) is 13.8. The molecule has 0 aliphatic heterocycles. The van der Waals surface area contributed by atoms with Gasteiger partial charge in [0, 0.05) is 12.2 Å². The zero-order chi connectivity index (χ0) is 13.5. The van der Waals surface area contributed by atoms with Crippen molar-refractivity contribution in [1.82, 2.24) is 5.32 Å². The number of carbonyl (C=O) groups excluding carboxylic acids is 1. The van der Waals surface area contributed by atoms with Gasteiger partial charge in [-0.1, -0.05) is 0 Å². The molecule has 0 aliphatic rings. The van der Waals surface area contributed by atoms with Crippen molar-refractivity contribution in [2.75, 3.05) is 19.0 Å². The summed E-state index contributed by atoms with van der Waals surface area (Å²) in [5, 5.41) is 13.5. The second kappa shape index (κ2) is 6.48. The number of urea groups is 1. The predicted molar refractivity (Wildman–Crippen MR) is 67.0 cm³/mol. The molecule has 1 aromatic carbocycles. The molecule has 0 unspecified atom stereocenters. The quantitative estimate of drug-likeness (QED) is 0.742. The van der Waals surface area contributed by atoms with Crippen molar-refractivity contribution >= 4 is 17.7 Å². The number of hydrogen-bond donors (Lipinski definition) is 3. The Labute approximate surface area is 105 Å². The number of amides is 2. The van der Waals surface area contributed by atoms with Crippen LogP contribution in [0.4, 0.5) is 10.5 Å². The molecule has 6 nitrogen and oxygen atoms in total. The minimum Gasteiger partial charge on any atom is -0.496 e. The summed E-state index contributed by atoms with van der Waals surface area (Å²) in [6.45, 7) is 1.96. The van der Waals surface area contributed by atoms with Crippen molar-refractivity contribution in [2.24, 2.45) is 0 Å². The molecule has 0 aliphatic carbocycles. The highest BCUT2D eigenvalue weighted by Crippen LogP contribution is 2.21. The predicted octanol–water partition coefficient (Wildman–Crippen LogP) is 1.60. The van der Waals surface area contributed by atoms with E-state index in [9.17, 15) is 9.59 Å². The first-order valence-corrected chi connectivity index (χ1v) is 5.44. The average Bonchev–Trinajstić information content (AvgIpc) is 2.28. The maximum Gasteiger partial charge on any atom is 0.319 e. The van der Waals surface area contributed by atoms with Gasteiger partial charge in [0.15, 0.2) is 0 Å². The molecule has 0 bridgehead atoms. The Bertz CT molecular complexity index is 446. The fourth-order valence-corrected chi connectivity index (χ4v) is 1.41. The Balaban J connectivity index is 2.49. The lowest BCUT2D eigenvalue weighted by molar-refractivity contribution is -0.136. The van der Waals surface area contributed by atoms with E-state index in [0.29, 0.717) is 5.69 Å². The van der Waals surface area contributed by atoms with Crippen LogP contribution in [0.5, 0.6) is 5.75 Å². The zero-order valence-electron chi connectivity index (χ0n) is 10.3. The van der Waals surface area contributed by atoms with Gasteiger partial charge in [0.05, 0.1) is 13.5 Å². The molecule has 0 heterocycles. The van der Waals surface area contributed by atoms with Gasteiger partial charge >= 0.3 is 12.0 Å². The molecule has 1 rings (SSSR count). The Morgan fingerprint density at radius 2 is 2.11 bits per heavy atom. The van der Waals surface area contributed by atoms with Gasteiger partial charge in [-0.2, -0.15) is 0 Å². The number of carboxylic acids is 1. The third-order valence-electron chi connectivity index (χ3n) is 2.28. The lowest BCUT2D eigenvalue weighted by atomic mass is 10.2. The van der Waals surface area contributed by atoms with E-state index in [1.165, 1.54) is 0 Å². The first-order valence-electron chi connectivity index (χ1n) is 5.44. The summed E-state index contributed by atoms with van der Waals surface area (Å²) in [6, 6.07) is 4.81. The molecule has 6 heteroatoms. The van der Waals surface area contributed by atoms with Crippen LogP contribution in [0.3, 0.4) is 0 Å². The van der Waals surface area contributed by atoms with Crippen LogP contribution in [0.25, 0.3) is 0 Å². The van der Waals surface area contributed by atoms with Crippen molar-refractivity contribution in [1.29, 1.82) is 0 Å². The molecular weight excluding hydrogens is 236 g/mol. The van der Waals surface area contributed by atoms with Crippen molar-refractivity contribution in [3.63, 3.8) is 0 Å². The van der Waals surface area contributed by atoms with Crippen molar-refractivity contribution in [2.45, 2.75) is 13.3 Å². The highest BCUT2D eigenvalue weighted by atomic mass is 16.5. The first-order chi connectivity index (χ1) is 8.52. The molecule has 0 radical (unpaired) electrons. The number of carboxylic acid groups (broad SMARTS) is 1. The third-order valence-corrected chi connectivity index (χ3v) is 2.28. The number of nitrogens with one attached hydrogen (secondary N) is 2. The Morgan fingerprint density at radius 3 is 2.67 bits per heavy atom. The number of rotatable bonds is 5. The highest BCUT2D eigenvalue weighted by molar-refractivity contribution is 5.89. The van der Waals surface area contributed by atoms with Crippen LogP contribution >= 0.6 is 0 Å². The summed E-state index contributed by atoms with van der Waals surface area (Å²) in [4.78, 5) is 21.7. The van der Waals surface area contributed by atoms with Gasteiger partial charge in [0.25, 0.3) is 0 Å². The number of aliphatic carboxylic acids is 1. The fraction of sp³-hybridized carbons (Fsp3) is 0.333. The summed E-state index contributed by atoms with van der Waals surface area (Å²) >= 11 is 0. The van der Waals surface area contributed by atoms with E-state index >= 15 is 0 Å². The maximum atomic E-state index is 11.4. The minimum atomic E-state index is -0.949. The third kappa shape index (κ3) is 4.32. The zero-order valence-corrected chi connectivity index (χ0v) is 10.3. The Hall–Kier alpha value is -2.24. The van der Waals surface area contributed by atoms with Crippen LogP contribution in [0.15, 0.2) is 18.2 Å². The highest BCUT2D eigenvalue weighted by Gasteiger charge is 2.04. The SMILES string of the molecule is COc1ccc(NC(=O)NCCC(=O)O)cc1C. The van der Waals surface area contributed by atoms with Crippen LogP contribution in [-0.4, -0.2) is 30.8 Å². The largest absolute Gasteiger partial charge is 0.496 e. The Kier molecular flexibility index (Phi) is 4.98. The summed E-state index contributed by atoms with van der Waals surface area (Å²) in [5.74, 6) is -0.206. The van der Waals surface area contributed by atoms with E-state index in [-0.39, 0.29) is 13.0 Å². The summed E-state index contributed by atoms with van der Waals surface area (Å²) in [5.41, 5.74) is 1.53. The fourth-order valence-electron chi connectivity index (χ4n) is 1.41. The van der Waals surface area contributed by atoms with Gasteiger partial charge in [-0.15, -0.1) is 0 Å². The Morgan fingerprint density at radius 1 is 1.39 bits per heavy atom. The van der Waals surface area contributed by atoms with E-state index in [4.69, 9.17) is 9.84 Å². The molecule has 0 spiro atoms. The molecule has 0 saturated carbocycles. The number of carbonyl (C=O) groups is 2. The van der Waals surface area contributed by atoms with Gasteiger partial charge < -0.3 is 20.5 Å². The van der Waals surface area contributed by atoms with Crippen LogP contribution in [0.1, 0.15) is 12.0 Å². The summed E-state index contributed by atoms with van der Waals surface area (Å²) < 4.78 is 5.10. The van der Waals surface area contributed by atoms with Gasteiger partial charge in [-0.05, 0) is 30.7 Å². The second-order valence-electron chi connectivity index (χ2n) is 3.71. The van der Waals surface area contributed by atoms with Gasteiger partial charge in [-0.3, -0.25) is 4.79 Å². The van der Waals surface area contributed by atoms with E-state index in [1.54, 1.807) is 25.3 Å². The van der Waals surface area contributed by atoms with E-state index in [0.717, 1.165) is 11.3 Å². The van der Waals surface area contributed by atoms with E-state index in [1.807, 2.05) is 6.92 Å². The number of anilines is 1. The van der Waals surface area contributed by atoms with Crippen LogP contribution in [-0.2, 0) is 4.79 Å². The van der Waals surface area contributed by atoms with Gasteiger partial charge in [0.2, 0.25) is 0 Å². The molecular formula is C12H16N2O4. The van der Waals surface area contributed by atoms with E-state index < -0.39 is 12.0 Å². The monoisotopic (exact) mass is 252 g/mol. The molecule has 0 atom stereocenters. The molecule has 0 fully saturated rings. The molecule has 3 N–H and O–H groups in total. The van der Waals surface area contributed by atoms with Gasteiger partial charge in [0.1, 0.15) is 5.75 Å². The topological polar surface area (TPSA) is 87.7 Å². The summed E-state index contributed by atoms with van der Waals surface area (Å²) in [6.07, 6.45) is -0.102. The average molecular weight is 252 g/mol. The lowest BCUT2D eigenvalue weighted by Gasteiger charge is -2.09. The van der Waals surface area contributed by atoms with Crippen LogP contribution in [0.2, 0.25) is 0 Å². The van der Waals surface area contributed by atoms with Crippen LogP contribution in [0, 0.1) is 6.92 Å². The lowest BCUT2D eigenvalue weighted by Crippen LogP contribution is -2.30. The number of methoxy groups -OCH3 is 1. The van der Waals surface area contributed by atoms with Crippen molar-refractivity contribution in [3.05, 3.63) is 23.8 Å². The van der Waals surface area contributed by atoms with Crippen molar-refractivity contribution in [3.8, 4) is 5.75 Å². The van der Waals surface area contributed by atoms with Crippen LogP contribution < -0.4 is 15.4 Å². The molecule has 98 valence electrons. The minimum absolute atomic E-state index is 0.0936. The molecule has 0 saturated heterocycles. The van der Waals surface area contributed by atoms with Gasteiger partial charge in [-0.25, -0.2) is 4.79 Å². The van der Waals surface area contributed by atoms with Crippen molar-refractivity contribution < 1.29 is 19.4 Å². The normalized spacial score (nSPS) is 9.67. The summed E-state index contributed by atoms with van der Waals surface area (Å²) in [7, 11) is 1.58. The molecule has 2 amide bonds. The standard InChI is InChI=1S/C12H16N2O4/c1-8-7-9(3-4-10(8)18-2)14-12(17)13-6-5-11(15)16/h3-4,7H,5-6H2,1-2H3,(H,15,16)(H2,13,14,17). The molecule has 1 aromatic rings. The number of hydrogen-bond acceptors (Lipinski definition) is 3.